The maximum absolute atomic E-state index is 12.6. The predicted molar refractivity (Wildman–Crippen MR) is 136 cm³/mol. The van der Waals surface area contributed by atoms with Gasteiger partial charge in [0.05, 0.1) is 12.0 Å². The molecule has 4 saturated carbocycles. The van der Waals surface area contributed by atoms with Crippen molar-refractivity contribution in [1.29, 1.82) is 0 Å². The monoisotopic (exact) mass is 489 g/mol. The van der Waals surface area contributed by atoms with Crippen LogP contribution in [-0.4, -0.2) is 34.4 Å². The third-order valence-corrected chi connectivity index (χ3v) is 11.3. The van der Waals surface area contributed by atoms with E-state index in [4.69, 9.17) is 4.74 Å². The molecule has 11 atom stereocenters. The van der Waals surface area contributed by atoms with E-state index in [1.165, 1.54) is 6.92 Å². The van der Waals surface area contributed by atoms with Crippen LogP contribution in [0.25, 0.3) is 0 Å². The summed E-state index contributed by atoms with van der Waals surface area (Å²) in [6.07, 6.45) is 10.5. The summed E-state index contributed by atoms with van der Waals surface area (Å²) in [5, 5.41) is 20.9. The third-order valence-electron chi connectivity index (χ3n) is 11.3. The van der Waals surface area contributed by atoms with Gasteiger partial charge in [-0.05, 0) is 97.7 Å². The van der Waals surface area contributed by atoms with Gasteiger partial charge in [-0.25, -0.2) is 0 Å². The highest BCUT2D eigenvalue weighted by molar-refractivity contribution is 5.71. The molecule has 0 aliphatic heterocycles. The van der Waals surface area contributed by atoms with Gasteiger partial charge in [-0.3, -0.25) is 9.59 Å². The van der Waals surface area contributed by atoms with Gasteiger partial charge in [0.15, 0.2) is 0 Å². The van der Waals surface area contributed by atoms with Gasteiger partial charge in [-0.15, -0.1) is 0 Å². The van der Waals surface area contributed by atoms with Crippen molar-refractivity contribution in [2.24, 2.45) is 58.2 Å². The molecule has 4 fully saturated rings. The molecule has 0 saturated heterocycles. The van der Waals surface area contributed by atoms with Gasteiger partial charge in [0, 0.05) is 12.8 Å². The maximum Gasteiger partial charge on any atom is 0.306 e. The first-order valence-electron chi connectivity index (χ1n) is 14.3. The zero-order valence-corrected chi connectivity index (χ0v) is 22.8. The summed E-state index contributed by atoms with van der Waals surface area (Å²) in [6.45, 7) is 12.9. The molecule has 0 aromatic rings. The molecule has 1 radical (unpaired) electrons. The first-order chi connectivity index (χ1) is 16.4. The van der Waals surface area contributed by atoms with Crippen molar-refractivity contribution < 1.29 is 24.5 Å². The molecule has 0 amide bonds. The molecule has 0 aromatic heterocycles. The number of aliphatic hydroxyl groups is 1. The number of ether oxygens (including phenoxy) is 1. The molecule has 0 aromatic carbocycles. The number of aliphatic hydroxyl groups excluding tert-OH is 1. The van der Waals surface area contributed by atoms with Gasteiger partial charge in [0.1, 0.15) is 6.10 Å². The van der Waals surface area contributed by atoms with Crippen LogP contribution in [0.2, 0.25) is 0 Å². The second-order valence-electron chi connectivity index (χ2n) is 13.6. The van der Waals surface area contributed by atoms with E-state index >= 15 is 0 Å². The van der Waals surface area contributed by atoms with Crippen molar-refractivity contribution in [3.63, 3.8) is 0 Å². The lowest BCUT2D eigenvalue weighted by atomic mass is 9.42. The molecule has 4 aliphatic rings. The van der Waals surface area contributed by atoms with Crippen LogP contribution in [0.5, 0.6) is 0 Å². The Labute approximate surface area is 212 Å². The highest BCUT2D eigenvalue weighted by atomic mass is 16.5. The summed E-state index contributed by atoms with van der Waals surface area (Å²) >= 11 is 0. The van der Waals surface area contributed by atoms with Gasteiger partial charge >= 0.3 is 11.9 Å². The van der Waals surface area contributed by atoms with Crippen molar-refractivity contribution in [1.82, 2.24) is 0 Å². The second kappa shape index (κ2) is 9.99. The lowest BCUT2D eigenvalue weighted by molar-refractivity contribution is -0.156. The summed E-state index contributed by atoms with van der Waals surface area (Å²) in [6, 6.07) is 0. The molecule has 0 bridgehead atoms. The Balaban J connectivity index is 1.63. The molecule has 5 heteroatoms. The fraction of sp³-hybridized carbons (Fsp3) is 0.900. The van der Waals surface area contributed by atoms with E-state index in [0.717, 1.165) is 51.4 Å². The summed E-state index contributed by atoms with van der Waals surface area (Å²) < 4.78 is 5.93. The summed E-state index contributed by atoms with van der Waals surface area (Å²) in [4.78, 5) is 24.7. The Morgan fingerprint density at radius 3 is 2.37 bits per heavy atom. The molecule has 35 heavy (non-hydrogen) atoms. The molecular weight excluding hydrogens is 440 g/mol. The minimum atomic E-state index is -0.729. The molecular formula is C30H49O5. The predicted octanol–water partition coefficient (Wildman–Crippen LogP) is 6.14. The number of aliphatic carboxylic acids is 1. The van der Waals surface area contributed by atoms with E-state index < -0.39 is 11.9 Å². The Hall–Kier alpha value is -1.10. The SMILES string of the molecule is CC(=O)O[C@H]1C[C@@]2(C)C(C[CH][C@@H]3[C@@H]2CC[C@H]2C(C)[C@H](O)CC[C@]32C)[C@@H]1[C@H](CCCC(C)C)C(=O)O. The number of fused-ring (bicyclic) bond motifs is 5. The standard InChI is InChI=1S/C30H49O5/c1-17(2)8-7-9-20(28(33)34)27-24-13-12-22-23(30(24,6)16-26(27)35-19(4)31)11-10-21-18(3)25(32)14-15-29(21,22)5/h12,17-18,20-27,32H,7-11,13-16H2,1-6H3,(H,33,34)/t18?,20-,21-,22+,23-,24?,25+,26-,27-,29-,30+/m0/s1. The Bertz CT molecular complexity index is 794. The quantitative estimate of drug-likeness (QED) is 0.420. The fourth-order valence-electron chi connectivity index (χ4n) is 9.62. The van der Waals surface area contributed by atoms with Crippen molar-refractivity contribution in [3.05, 3.63) is 6.42 Å². The van der Waals surface area contributed by atoms with Gasteiger partial charge in [0.25, 0.3) is 0 Å². The summed E-state index contributed by atoms with van der Waals surface area (Å²) in [7, 11) is 0. The van der Waals surface area contributed by atoms with Gasteiger partial charge in [-0.1, -0.05) is 47.5 Å². The summed E-state index contributed by atoms with van der Waals surface area (Å²) in [5.74, 6) is 1.02. The fourth-order valence-corrected chi connectivity index (χ4v) is 9.62. The normalized spacial score (nSPS) is 45.8. The molecule has 0 spiro atoms. The minimum absolute atomic E-state index is 0.0246. The Morgan fingerprint density at radius 1 is 1.06 bits per heavy atom. The number of rotatable bonds is 7. The van der Waals surface area contributed by atoms with Crippen LogP contribution in [0.15, 0.2) is 0 Å². The number of carboxylic acid groups (broad SMARTS) is 1. The van der Waals surface area contributed by atoms with Crippen LogP contribution in [0, 0.1) is 64.6 Å². The number of hydrogen-bond acceptors (Lipinski definition) is 4. The lowest BCUT2D eigenvalue weighted by Crippen LogP contribution is -2.57. The maximum atomic E-state index is 12.6. The number of carboxylic acids is 1. The minimum Gasteiger partial charge on any atom is -0.481 e. The first-order valence-corrected chi connectivity index (χ1v) is 14.3. The zero-order valence-electron chi connectivity index (χ0n) is 22.8. The van der Waals surface area contributed by atoms with E-state index in [0.29, 0.717) is 36.0 Å². The van der Waals surface area contributed by atoms with Crippen LogP contribution < -0.4 is 0 Å². The van der Waals surface area contributed by atoms with Crippen molar-refractivity contribution >= 4 is 11.9 Å². The molecule has 2 N–H and O–H groups in total. The largest absolute Gasteiger partial charge is 0.481 e. The van der Waals surface area contributed by atoms with Crippen LogP contribution in [0.3, 0.4) is 0 Å². The van der Waals surface area contributed by atoms with E-state index in [1.807, 2.05) is 0 Å². The zero-order chi connectivity index (χ0) is 25.7. The first kappa shape index (κ1) is 26.9. The Morgan fingerprint density at radius 2 is 1.74 bits per heavy atom. The van der Waals surface area contributed by atoms with Crippen molar-refractivity contribution in [2.45, 2.75) is 112 Å². The number of hydrogen-bond donors (Lipinski definition) is 2. The second-order valence-corrected chi connectivity index (χ2v) is 13.6. The van der Waals surface area contributed by atoms with Crippen LogP contribution in [-0.2, 0) is 14.3 Å². The molecule has 5 nitrogen and oxygen atoms in total. The highest BCUT2D eigenvalue weighted by Crippen LogP contribution is 2.69. The molecule has 2 unspecified atom stereocenters. The molecule has 199 valence electrons. The van der Waals surface area contributed by atoms with E-state index in [9.17, 15) is 19.8 Å². The van der Waals surface area contributed by atoms with Crippen LogP contribution in [0.4, 0.5) is 0 Å². The highest BCUT2D eigenvalue weighted by Gasteiger charge is 2.65. The topological polar surface area (TPSA) is 83.8 Å². The average Bonchev–Trinajstić information content (AvgIpc) is 3.04. The molecule has 0 heterocycles. The van der Waals surface area contributed by atoms with E-state index in [-0.39, 0.29) is 40.8 Å². The molecule has 4 rings (SSSR count). The Kier molecular flexibility index (Phi) is 7.69. The molecule has 4 aliphatic carbocycles. The van der Waals surface area contributed by atoms with Crippen molar-refractivity contribution in [3.8, 4) is 0 Å². The van der Waals surface area contributed by atoms with E-state index in [1.54, 1.807) is 0 Å². The number of carbonyl (C=O) groups is 2. The van der Waals surface area contributed by atoms with Crippen molar-refractivity contribution in [2.75, 3.05) is 0 Å². The summed E-state index contributed by atoms with van der Waals surface area (Å²) in [5.41, 5.74) is 0.164. The van der Waals surface area contributed by atoms with Gasteiger partial charge in [-0.2, -0.15) is 0 Å². The smallest absolute Gasteiger partial charge is 0.306 e. The number of carbonyl (C=O) groups excluding carboxylic acids is 1. The van der Waals surface area contributed by atoms with Gasteiger partial charge in [0.2, 0.25) is 0 Å². The third kappa shape index (κ3) is 4.68. The van der Waals surface area contributed by atoms with Gasteiger partial charge < -0.3 is 14.9 Å². The van der Waals surface area contributed by atoms with E-state index in [2.05, 4.69) is 41.0 Å². The van der Waals surface area contributed by atoms with Crippen LogP contribution in [0.1, 0.15) is 99.3 Å². The number of esters is 1. The lowest BCUT2D eigenvalue weighted by Gasteiger charge is -2.63. The average molecular weight is 490 g/mol. The van der Waals surface area contributed by atoms with Crippen LogP contribution >= 0.6 is 0 Å².